The molecule has 0 unspecified atom stereocenters. The molecule has 2 aromatic rings. The molecule has 3 rings (SSSR count). The van der Waals surface area contributed by atoms with E-state index in [1.807, 2.05) is 0 Å². The van der Waals surface area contributed by atoms with Crippen LogP contribution in [0.5, 0.6) is 0 Å². The third kappa shape index (κ3) is 3.52. The summed E-state index contributed by atoms with van der Waals surface area (Å²) in [4.78, 5) is 14.3. The van der Waals surface area contributed by atoms with Gasteiger partial charge in [0.1, 0.15) is 5.56 Å². The minimum atomic E-state index is -4.40. The minimum Gasteiger partial charge on any atom is -0.331 e. The Labute approximate surface area is 142 Å². The van der Waals surface area contributed by atoms with Gasteiger partial charge in [0.05, 0.1) is 11.3 Å². The number of carbonyl (C=O) groups is 1. The Morgan fingerprint density at radius 3 is 2.32 bits per heavy atom. The van der Waals surface area contributed by atoms with Crippen molar-refractivity contribution in [2.45, 2.75) is 38.5 Å². The van der Waals surface area contributed by atoms with Gasteiger partial charge in [-0.1, -0.05) is 12.1 Å². The van der Waals surface area contributed by atoms with E-state index in [9.17, 15) is 22.4 Å². The van der Waals surface area contributed by atoms with Crippen LogP contribution in [0.15, 0.2) is 24.3 Å². The van der Waals surface area contributed by atoms with E-state index in [1.54, 1.807) is 6.92 Å². The number of halogens is 4. The molecule has 0 saturated heterocycles. The number of hydrogen-bond acceptors (Lipinski definition) is 2. The van der Waals surface area contributed by atoms with Crippen molar-refractivity contribution in [1.29, 1.82) is 0 Å². The lowest BCUT2D eigenvalue weighted by molar-refractivity contribution is -0.137. The normalized spacial score (nSPS) is 14.6. The highest BCUT2D eigenvalue weighted by molar-refractivity contribution is 5.95. The van der Waals surface area contributed by atoms with Crippen LogP contribution in [-0.4, -0.2) is 26.6 Å². The maximum atomic E-state index is 14.2. The molecular formula is C17H17F4N3O. The third-order valence-corrected chi connectivity index (χ3v) is 4.25. The van der Waals surface area contributed by atoms with Crippen LogP contribution >= 0.6 is 0 Å². The zero-order valence-electron chi connectivity index (χ0n) is 13.8. The third-order valence-electron chi connectivity index (χ3n) is 4.25. The second-order valence-electron chi connectivity index (χ2n) is 6.23. The van der Waals surface area contributed by atoms with E-state index in [0.717, 1.165) is 29.7 Å². The number of nitrogens with zero attached hydrogens (tertiary/aromatic N) is 3. The van der Waals surface area contributed by atoms with Gasteiger partial charge in [-0.05, 0) is 37.5 Å². The highest BCUT2D eigenvalue weighted by Crippen LogP contribution is 2.32. The largest absolute Gasteiger partial charge is 0.416 e. The number of aromatic nitrogens is 2. The van der Waals surface area contributed by atoms with E-state index < -0.39 is 23.6 Å². The van der Waals surface area contributed by atoms with Gasteiger partial charge in [-0.25, -0.2) is 4.68 Å². The molecule has 0 radical (unpaired) electrons. The van der Waals surface area contributed by atoms with Crippen LogP contribution < -0.4 is 0 Å². The summed E-state index contributed by atoms with van der Waals surface area (Å²) >= 11 is 0. The molecule has 0 N–H and O–H groups in total. The Bertz CT molecular complexity index is 791. The lowest BCUT2D eigenvalue weighted by atomic mass is 10.1. The average molecular weight is 355 g/mol. The molecule has 1 aliphatic rings. The van der Waals surface area contributed by atoms with Crippen LogP contribution in [0.3, 0.4) is 0 Å². The lowest BCUT2D eigenvalue weighted by Gasteiger charge is -2.22. The standard InChI is InChI=1S/C17H17F4N3O/c1-10-14(15(18)23(2)22-10)16(25)24(13-7-8-13)9-11-3-5-12(6-4-11)17(19,20)21/h3-6,13H,7-9H2,1-2H3. The van der Waals surface area contributed by atoms with E-state index in [-0.39, 0.29) is 18.2 Å². The Balaban J connectivity index is 1.84. The number of rotatable bonds is 4. The quantitative estimate of drug-likeness (QED) is 0.785. The zero-order chi connectivity index (χ0) is 18.4. The minimum absolute atomic E-state index is 0.0196. The molecule has 1 aromatic heterocycles. The van der Waals surface area contributed by atoms with Crippen molar-refractivity contribution in [1.82, 2.24) is 14.7 Å². The Morgan fingerprint density at radius 1 is 1.28 bits per heavy atom. The molecule has 1 saturated carbocycles. The first-order valence-corrected chi connectivity index (χ1v) is 7.84. The Hall–Kier alpha value is -2.38. The van der Waals surface area contributed by atoms with Gasteiger partial charge in [0.15, 0.2) is 0 Å². The topological polar surface area (TPSA) is 38.1 Å². The Kier molecular flexibility index (Phi) is 4.30. The smallest absolute Gasteiger partial charge is 0.331 e. The summed E-state index contributed by atoms with van der Waals surface area (Å²) in [5.74, 6) is -1.19. The molecule has 4 nitrogen and oxygen atoms in total. The average Bonchev–Trinajstić information content (AvgIpc) is 3.32. The van der Waals surface area contributed by atoms with E-state index in [1.165, 1.54) is 24.1 Å². The van der Waals surface area contributed by atoms with Crippen LogP contribution in [0.4, 0.5) is 17.6 Å². The highest BCUT2D eigenvalue weighted by atomic mass is 19.4. The zero-order valence-corrected chi connectivity index (χ0v) is 13.8. The number of amides is 1. The summed E-state index contributed by atoms with van der Waals surface area (Å²) in [6, 6.07) is 4.64. The summed E-state index contributed by atoms with van der Waals surface area (Å²) in [6.07, 6.45) is -2.80. The molecule has 0 atom stereocenters. The van der Waals surface area contributed by atoms with Crippen LogP contribution in [0, 0.1) is 12.9 Å². The molecule has 1 aromatic carbocycles. The van der Waals surface area contributed by atoms with Crippen molar-refractivity contribution in [2.75, 3.05) is 0 Å². The molecule has 0 aliphatic heterocycles. The molecule has 8 heteroatoms. The van der Waals surface area contributed by atoms with Crippen LogP contribution in [0.1, 0.15) is 40.0 Å². The summed E-state index contributed by atoms with van der Waals surface area (Å²) < 4.78 is 53.1. The summed E-state index contributed by atoms with van der Waals surface area (Å²) in [5, 5.41) is 3.91. The van der Waals surface area contributed by atoms with Gasteiger partial charge in [0.2, 0.25) is 5.95 Å². The fraction of sp³-hybridized carbons (Fsp3) is 0.412. The molecule has 0 spiro atoms. The van der Waals surface area contributed by atoms with Gasteiger partial charge in [-0.15, -0.1) is 0 Å². The fourth-order valence-electron chi connectivity index (χ4n) is 2.77. The fourth-order valence-corrected chi connectivity index (χ4v) is 2.77. The van der Waals surface area contributed by atoms with Crippen LogP contribution in [-0.2, 0) is 19.8 Å². The molecular weight excluding hydrogens is 338 g/mol. The van der Waals surface area contributed by atoms with Gasteiger partial charge < -0.3 is 4.90 Å². The predicted octanol–water partition coefficient (Wildman–Crippen LogP) is 3.69. The van der Waals surface area contributed by atoms with Crippen molar-refractivity contribution in [3.8, 4) is 0 Å². The van der Waals surface area contributed by atoms with E-state index >= 15 is 0 Å². The summed E-state index contributed by atoms with van der Waals surface area (Å²) in [5.41, 5.74) is 0.0364. The second kappa shape index (κ2) is 6.16. The Morgan fingerprint density at radius 2 is 1.88 bits per heavy atom. The molecule has 1 aliphatic carbocycles. The molecule has 0 bridgehead atoms. The highest BCUT2D eigenvalue weighted by Gasteiger charge is 2.36. The number of hydrogen-bond donors (Lipinski definition) is 0. The van der Waals surface area contributed by atoms with E-state index in [0.29, 0.717) is 11.3 Å². The van der Waals surface area contributed by atoms with Gasteiger partial charge >= 0.3 is 6.18 Å². The van der Waals surface area contributed by atoms with Crippen molar-refractivity contribution < 1.29 is 22.4 Å². The SMILES string of the molecule is Cc1nn(C)c(F)c1C(=O)N(Cc1ccc(C(F)(F)F)cc1)C1CC1. The maximum absolute atomic E-state index is 14.2. The summed E-state index contributed by atoms with van der Waals surface area (Å²) in [6.45, 7) is 1.69. The van der Waals surface area contributed by atoms with Crippen molar-refractivity contribution >= 4 is 5.91 Å². The first kappa shape index (κ1) is 17.4. The number of aryl methyl sites for hydroxylation is 2. The van der Waals surface area contributed by atoms with Crippen molar-refractivity contribution in [3.63, 3.8) is 0 Å². The van der Waals surface area contributed by atoms with Gasteiger partial charge in [0.25, 0.3) is 5.91 Å². The van der Waals surface area contributed by atoms with Crippen LogP contribution in [0.25, 0.3) is 0 Å². The van der Waals surface area contributed by atoms with Gasteiger partial charge in [-0.2, -0.15) is 22.7 Å². The second-order valence-corrected chi connectivity index (χ2v) is 6.23. The first-order chi connectivity index (χ1) is 11.7. The van der Waals surface area contributed by atoms with Gasteiger partial charge in [0, 0.05) is 19.6 Å². The predicted molar refractivity (Wildman–Crippen MR) is 82.2 cm³/mol. The maximum Gasteiger partial charge on any atom is 0.416 e. The molecule has 1 amide bonds. The monoisotopic (exact) mass is 355 g/mol. The summed E-state index contributed by atoms with van der Waals surface area (Å²) in [7, 11) is 1.41. The molecule has 1 heterocycles. The van der Waals surface area contributed by atoms with Crippen molar-refractivity contribution in [3.05, 3.63) is 52.6 Å². The van der Waals surface area contributed by atoms with Crippen molar-refractivity contribution in [2.24, 2.45) is 7.05 Å². The van der Waals surface area contributed by atoms with E-state index in [2.05, 4.69) is 5.10 Å². The lowest BCUT2D eigenvalue weighted by Crippen LogP contribution is -2.33. The van der Waals surface area contributed by atoms with Gasteiger partial charge in [-0.3, -0.25) is 4.79 Å². The number of carbonyl (C=O) groups excluding carboxylic acids is 1. The number of alkyl halides is 3. The number of benzene rings is 1. The molecule has 1 fully saturated rings. The molecule has 25 heavy (non-hydrogen) atoms. The van der Waals surface area contributed by atoms with Crippen LogP contribution in [0.2, 0.25) is 0 Å². The van der Waals surface area contributed by atoms with E-state index in [4.69, 9.17) is 0 Å². The first-order valence-electron chi connectivity index (χ1n) is 7.84. The molecule has 134 valence electrons.